The summed E-state index contributed by atoms with van der Waals surface area (Å²) >= 11 is 0. The zero-order chi connectivity index (χ0) is 19.8. The Hall–Kier alpha value is -3.73. The summed E-state index contributed by atoms with van der Waals surface area (Å²) in [6, 6.07) is 13.5. The van der Waals surface area contributed by atoms with Crippen molar-refractivity contribution in [3.63, 3.8) is 0 Å². The zero-order valence-corrected chi connectivity index (χ0v) is 14.9. The molecule has 1 atom stereocenters. The largest absolute Gasteiger partial charge is 0.495 e. The summed E-state index contributed by atoms with van der Waals surface area (Å²) in [5, 5.41) is 11.6. The number of nitriles is 1. The molecule has 0 spiro atoms. The van der Waals surface area contributed by atoms with E-state index in [1.165, 1.54) is 7.11 Å². The number of methoxy groups -OCH3 is 1. The van der Waals surface area contributed by atoms with Gasteiger partial charge in [0.2, 0.25) is 0 Å². The van der Waals surface area contributed by atoms with Crippen molar-refractivity contribution in [1.82, 2.24) is 0 Å². The van der Waals surface area contributed by atoms with Crippen molar-refractivity contribution in [1.29, 1.82) is 5.26 Å². The van der Waals surface area contributed by atoms with E-state index in [0.29, 0.717) is 34.9 Å². The van der Waals surface area contributed by atoms with E-state index in [-0.39, 0.29) is 0 Å². The van der Waals surface area contributed by atoms with Crippen molar-refractivity contribution in [3.05, 3.63) is 48.0 Å². The molecule has 2 rings (SSSR count). The lowest BCUT2D eigenvalue weighted by molar-refractivity contribution is -0.124. The number of hydrogen-bond acceptors (Lipinski definition) is 6. The molecular formula is C19H19N3O5. The first kappa shape index (κ1) is 19.6. The van der Waals surface area contributed by atoms with Crippen molar-refractivity contribution >= 4 is 17.7 Å². The van der Waals surface area contributed by atoms with E-state index in [1.54, 1.807) is 49.4 Å². The minimum Gasteiger partial charge on any atom is -0.495 e. The molecule has 0 radical (unpaired) electrons. The van der Waals surface area contributed by atoms with E-state index in [2.05, 4.69) is 5.32 Å². The fourth-order valence-corrected chi connectivity index (χ4v) is 2.26. The van der Waals surface area contributed by atoms with Gasteiger partial charge in [0.05, 0.1) is 12.7 Å². The van der Waals surface area contributed by atoms with Gasteiger partial charge in [0.25, 0.3) is 5.91 Å². The molecule has 0 aromatic heterocycles. The van der Waals surface area contributed by atoms with E-state index >= 15 is 0 Å². The lowest BCUT2D eigenvalue weighted by atomic mass is 10.2. The van der Waals surface area contributed by atoms with E-state index < -0.39 is 18.1 Å². The Morgan fingerprint density at radius 1 is 1.19 bits per heavy atom. The number of benzene rings is 2. The Bertz CT molecular complexity index is 859. The summed E-state index contributed by atoms with van der Waals surface area (Å²) in [5.41, 5.74) is 5.87. The fraction of sp³-hybridized carbons (Fsp3) is 0.211. The van der Waals surface area contributed by atoms with Gasteiger partial charge in [0, 0.05) is 11.8 Å². The molecule has 0 aliphatic heterocycles. The summed E-state index contributed by atoms with van der Waals surface area (Å²) < 4.78 is 15.6. The van der Waals surface area contributed by atoms with Crippen LogP contribution in [0.1, 0.15) is 18.9 Å². The average molecular weight is 369 g/mol. The molecule has 0 saturated heterocycles. The van der Waals surface area contributed by atoms with Crippen LogP contribution in [0.25, 0.3) is 0 Å². The minimum absolute atomic E-state index is 0.302. The molecule has 3 N–H and O–H groups in total. The second-order valence-electron chi connectivity index (χ2n) is 5.42. The van der Waals surface area contributed by atoms with Crippen molar-refractivity contribution in [3.8, 4) is 23.3 Å². The van der Waals surface area contributed by atoms with Gasteiger partial charge in [-0.05, 0) is 42.8 Å². The number of nitrogens with one attached hydrogen (secondary N) is 1. The van der Waals surface area contributed by atoms with Crippen molar-refractivity contribution in [2.45, 2.75) is 19.4 Å². The molecule has 2 aromatic rings. The van der Waals surface area contributed by atoms with Crippen LogP contribution in [0.15, 0.2) is 42.5 Å². The number of amides is 2. The second kappa shape index (κ2) is 9.10. The van der Waals surface area contributed by atoms with Crippen LogP contribution in [0.3, 0.4) is 0 Å². The molecule has 0 aliphatic carbocycles. The number of carbonyl (C=O) groups excluding carboxylic acids is 2. The van der Waals surface area contributed by atoms with E-state index in [9.17, 15) is 9.59 Å². The van der Waals surface area contributed by atoms with Crippen molar-refractivity contribution in [2.24, 2.45) is 5.73 Å². The monoisotopic (exact) mass is 369 g/mol. The molecule has 8 heteroatoms. The quantitative estimate of drug-likeness (QED) is 0.772. The molecule has 0 fully saturated rings. The van der Waals surface area contributed by atoms with E-state index in [1.807, 2.05) is 6.07 Å². The second-order valence-corrected chi connectivity index (χ2v) is 5.42. The first-order chi connectivity index (χ1) is 13.0. The smallest absolute Gasteiger partial charge is 0.405 e. The molecule has 0 aliphatic rings. The molecule has 0 unspecified atom stereocenters. The van der Waals surface area contributed by atoms with Gasteiger partial charge < -0.3 is 25.3 Å². The molecule has 8 nitrogen and oxygen atoms in total. The molecule has 0 saturated carbocycles. The third-order valence-electron chi connectivity index (χ3n) is 3.57. The molecule has 0 bridgehead atoms. The third kappa shape index (κ3) is 5.37. The maximum atomic E-state index is 12.1. The molecule has 140 valence electrons. The zero-order valence-electron chi connectivity index (χ0n) is 14.9. The molecule has 27 heavy (non-hydrogen) atoms. The summed E-state index contributed by atoms with van der Waals surface area (Å²) in [5.74, 6) is 0.976. The lowest BCUT2D eigenvalue weighted by Gasteiger charge is -2.15. The van der Waals surface area contributed by atoms with Gasteiger partial charge >= 0.3 is 6.09 Å². The number of anilines is 1. The topological polar surface area (TPSA) is 124 Å². The third-order valence-corrected chi connectivity index (χ3v) is 3.57. The SMILES string of the molecule is CC[C@@H](OC(N)=O)C(=O)Nc1ccc(Oc2ccc(C#N)c(OC)c2)cc1. The Morgan fingerprint density at radius 3 is 2.41 bits per heavy atom. The van der Waals surface area contributed by atoms with Crippen LogP contribution >= 0.6 is 0 Å². The van der Waals surface area contributed by atoms with Gasteiger partial charge in [-0.2, -0.15) is 5.26 Å². The highest BCUT2D eigenvalue weighted by Gasteiger charge is 2.19. The van der Waals surface area contributed by atoms with Crippen molar-refractivity contribution < 1.29 is 23.8 Å². The summed E-state index contributed by atoms with van der Waals surface area (Å²) in [6.07, 6.45) is -1.65. The van der Waals surface area contributed by atoms with Gasteiger partial charge in [-0.3, -0.25) is 4.79 Å². The first-order valence-corrected chi connectivity index (χ1v) is 8.09. The number of ether oxygens (including phenoxy) is 3. The van der Waals surface area contributed by atoms with Gasteiger partial charge in [-0.1, -0.05) is 6.92 Å². The Kier molecular flexibility index (Phi) is 6.61. The van der Waals surface area contributed by atoms with Crippen LogP contribution in [0.4, 0.5) is 10.5 Å². The van der Waals surface area contributed by atoms with E-state index in [0.717, 1.165) is 0 Å². The maximum Gasteiger partial charge on any atom is 0.405 e. The maximum absolute atomic E-state index is 12.1. The first-order valence-electron chi connectivity index (χ1n) is 8.09. The number of nitrogens with zero attached hydrogens (tertiary/aromatic N) is 1. The average Bonchev–Trinajstić information content (AvgIpc) is 2.67. The van der Waals surface area contributed by atoms with Crippen LogP contribution < -0.4 is 20.5 Å². The van der Waals surface area contributed by atoms with Gasteiger partial charge in [-0.25, -0.2) is 4.79 Å². The minimum atomic E-state index is -1.00. The number of primary amides is 1. The fourth-order valence-electron chi connectivity index (χ4n) is 2.26. The van der Waals surface area contributed by atoms with Gasteiger partial charge in [-0.15, -0.1) is 0 Å². The number of rotatable bonds is 7. The predicted molar refractivity (Wildman–Crippen MR) is 97.6 cm³/mol. The highest BCUT2D eigenvalue weighted by molar-refractivity contribution is 5.95. The van der Waals surface area contributed by atoms with Gasteiger partial charge in [0.1, 0.15) is 23.3 Å². The Morgan fingerprint density at radius 2 is 1.85 bits per heavy atom. The van der Waals surface area contributed by atoms with Crippen LogP contribution in [0, 0.1) is 11.3 Å². The normalized spacial score (nSPS) is 11.0. The predicted octanol–water partition coefficient (Wildman–Crippen LogP) is 3.17. The van der Waals surface area contributed by atoms with Crippen LogP contribution in [0.2, 0.25) is 0 Å². The highest BCUT2D eigenvalue weighted by Crippen LogP contribution is 2.28. The van der Waals surface area contributed by atoms with Crippen molar-refractivity contribution in [2.75, 3.05) is 12.4 Å². The number of carbonyl (C=O) groups is 2. The molecular weight excluding hydrogens is 350 g/mol. The summed E-state index contributed by atoms with van der Waals surface area (Å²) in [4.78, 5) is 22.9. The number of hydrogen-bond donors (Lipinski definition) is 2. The molecule has 2 amide bonds. The summed E-state index contributed by atoms with van der Waals surface area (Å²) in [6.45, 7) is 1.70. The summed E-state index contributed by atoms with van der Waals surface area (Å²) in [7, 11) is 1.48. The van der Waals surface area contributed by atoms with Crippen LogP contribution in [-0.4, -0.2) is 25.2 Å². The Balaban J connectivity index is 2.04. The van der Waals surface area contributed by atoms with E-state index in [4.69, 9.17) is 25.2 Å². The van der Waals surface area contributed by atoms with Crippen LogP contribution in [-0.2, 0) is 9.53 Å². The van der Waals surface area contributed by atoms with Crippen LogP contribution in [0.5, 0.6) is 17.2 Å². The lowest BCUT2D eigenvalue weighted by Crippen LogP contribution is -2.33. The van der Waals surface area contributed by atoms with Gasteiger partial charge in [0.15, 0.2) is 6.10 Å². The molecule has 0 heterocycles. The number of nitrogens with two attached hydrogens (primary N) is 1. The molecule has 2 aromatic carbocycles. The highest BCUT2D eigenvalue weighted by atomic mass is 16.6. The Labute approximate surface area is 156 Å². The standard InChI is InChI=1S/C19H19N3O5/c1-3-16(27-19(21)24)18(23)22-13-5-8-14(9-6-13)26-15-7-4-12(11-20)17(10-15)25-2/h4-10,16H,3H2,1-2H3,(H2,21,24)(H,22,23)/t16-/m1/s1.